The highest BCUT2D eigenvalue weighted by Crippen LogP contribution is 2.35. The molecule has 2 aromatic carbocycles. The van der Waals surface area contributed by atoms with Gasteiger partial charge < -0.3 is 5.32 Å². The van der Waals surface area contributed by atoms with Gasteiger partial charge in [-0.05, 0) is 78.1 Å². The Morgan fingerprint density at radius 3 is 2.00 bits per heavy atom. The summed E-state index contributed by atoms with van der Waals surface area (Å²) >= 11 is 17.0. The number of halogens is 5. The first-order chi connectivity index (χ1) is 9.38. The summed E-state index contributed by atoms with van der Waals surface area (Å²) in [6.45, 7) is 0. The summed E-state index contributed by atoms with van der Waals surface area (Å²) < 4.78 is 4.08. The lowest BCUT2D eigenvalue weighted by Gasteiger charge is -2.11. The fraction of sp³-hybridized carbons (Fsp3) is 0. The van der Waals surface area contributed by atoms with Crippen LogP contribution in [0.3, 0.4) is 0 Å². The van der Waals surface area contributed by atoms with Crippen LogP contribution >= 0.6 is 79.6 Å². The molecule has 1 amide bonds. The summed E-state index contributed by atoms with van der Waals surface area (Å²) in [5, 5.41) is 2.89. The van der Waals surface area contributed by atoms with Gasteiger partial charge in [0, 0.05) is 22.4 Å². The lowest BCUT2D eigenvalue weighted by molar-refractivity contribution is 0.102. The summed E-state index contributed by atoms with van der Waals surface area (Å²) in [7, 11) is 0. The van der Waals surface area contributed by atoms with E-state index in [1.165, 1.54) is 0 Å². The van der Waals surface area contributed by atoms with Gasteiger partial charge in [0.2, 0.25) is 0 Å². The Labute approximate surface area is 158 Å². The Morgan fingerprint density at radius 2 is 1.40 bits per heavy atom. The number of hydrogen-bond acceptors (Lipinski definition) is 1. The number of hydrogen-bond donors (Lipinski definition) is 1. The van der Waals surface area contributed by atoms with E-state index in [0.29, 0.717) is 11.3 Å². The number of amides is 1. The Hall–Kier alpha value is 0.310. The molecule has 0 saturated carbocycles. The van der Waals surface area contributed by atoms with Crippen LogP contribution in [0.5, 0.6) is 0 Å². The van der Waals surface area contributed by atoms with E-state index >= 15 is 0 Å². The van der Waals surface area contributed by atoms with Crippen LogP contribution in [0.1, 0.15) is 10.4 Å². The van der Waals surface area contributed by atoms with E-state index in [9.17, 15) is 4.79 Å². The zero-order valence-electron chi connectivity index (χ0n) is 9.68. The van der Waals surface area contributed by atoms with Crippen LogP contribution in [0.4, 0.5) is 5.69 Å². The number of nitrogens with one attached hydrogen (secondary N) is 1. The predicted octanol–water partition coefficient (Wildman–Crippen LogP) is 6.75. The van der Waals surface area contributed by atoms with Crippen molar-refractivity contribution in [2.24, 2.45) is 0 Å². The first-order valence-electron chi connectivity index (χ1n) is 5.29. The first-order valence-corrected chi connectivity index (χ1v) is 9.26. The topological polar surface area (TPSA) is 29.1 Å². The van der Waals surface area contributed by atoms with Crippen LogP contribution in [-0.4, -0.2) is 5.91 Å². The maximum atomic E-state index is 12.4. The number of carbonyl (C=O) groups excluding carboxylic acids is 1. The van der Waals surface area contributed by atoms with Crippen molar-refractivity contribution in [2.75, 3.05) is 5.32 Å². The molecule has 20 heavy (non-hydrogen) atoms. The molecule has 0 aliphatic heterocycles. The highest BCUT2D eigenvalue weighted by Gasteiger charge is 2.14. The average Bonchev–Trinajstić information content (AvgIpc) is 2.36. The molecule has 0 aliphatic carbocycles. The van der Waals surface area contributed by atoms with Crippen molar-refractivity contribution in [2.45, 2.75) is 0 Å². The molecule has 0 radical (unpaired) electrons. The monoisotopic (exact) mass is 587 g/mol. The molecule has 0 aromatic heterocycles. The van der Waals surface area contributed by atoms with Crippen LogP contribution in [0.25, 0.3) is 0 Å². The summed E-state index contributed by atoms with van der Waals surface area (Å²) in [6, 6.07) is 9.20. The predicted molar refractivity (Wildman–Crippen MR) is 99.3 cm³/mol. The van der Waals surface area contributed by atoms with E-state index in [1.54, 1.807) is 6.07 Å². The molecule has 0 spiro atoms. The molecule has 7 heteroatoms. The largest absolute Gasteiger partial charge is 0.320 e. The van der Waals surface area contributed by atoms with Crippen molar-refractivity contribution in [3.63, 3.8) is 0 Å². The molecule has 1 N–H and O–H groups in total. The molecule has 2 aromatic rings. The molecule has 0 fully saturated rings. The lowest BCUT2D eigenvalue weighted by Crippen LogP contribution is -2.13. The summed E-state index contributed by atoms with van der Waals surface area (Å²) in [6.07, 6.45) is 0. The second kappa shape index (κ2) is 7.05. The standard InChI is InChI=1S/C13H6Br5NO/c14-6-1-2-9(16)8(3-6)13(20)19-12-10(17)4-7(15)5-11(12)18/h1-5H,(H,19,20). The fourth-order valence-electron chi connectivity index (χ4n) is 1.51. The maximum absolute atomic E-state index is 12.4. The molecule has 0 heterocycles. The van der Waals surface area contributed by atoms with Gasteiger partial charge in [0.1, 0.15) is 0 Å². The van der Waals surface area contributed by atoms with E-state index in [1.807, 2.05) is 24.3 Å². The molecule has 2 nitrogen and oxygen atoms in total. The molecular formula is C13H6Br5NO. The van der Waals surface area contributed by atoms with E-state index in [0.717, 1.165) is 22.4 Å². The van der Waals surface area contributed by atoms with Crippen LogP contribution in [0.2, 0.25) is 0 Å². The van der Waals surface area contributed by atoms with Gasteiger partial charge in [-0.25, -0.2) is 0 Å². The number of rotatable bonds is 2. The van der Waals surface area contributed by atoms with Gasteiger partial charge in [-0.1, -0.05) is 31.9 Å². The quantitative estimate of drug-likeness (QED) is 0.411. The highest BCUT2D eigenvalue weighted by molar-refractivity contribution is 9.12. The van der Waals surface area contributed by atoms with Crippen molar-refractivity contribution in [1.82, 2.24) is 0 Å². The van der Waals surface area contributed by atoms with Crippen molar-refractivity contribution < 1.29 is 4.79 Å². The third-order valence-corrected chi connectivity index (χ3v) is 5.31. The second-order valence-corrected chi connectivity index (χ2v) is 8.22. The second-order valence-electron chi connectivity index (χ2n) is 3.82. The van der Waals surface area contributed by atoms with E-state index in [2.05, 4.69) is 85.0 Å². The van der Waals surface area contributed by atoms with E-state index in [4.69, 9.17) is 0 Å². The van der Waals surface area contributed by atoms with Crippen LogP contribution in [0, 0.1) is 0 Å². The third-order valence-electron chi connectivity index (χ3n) is 2.42. The smallest absolute Gasteiger partial charge is 0.256 e. The Morgan fingerprint density at radius 1 is 0.800 bits per heavy atom. The lowest BCUT2D eigenvalue weighted by atomic mass is 10.2. The van der Waals surface area contributed by atoms with Gasteiger partial charge >= 0.3 is 0 Å². The molecule has 104 valence electrons. The number of carbonyl (C=O) groups is 1. The summed E-state index contributed by atoms with van der Waals surface area (Å²) in [5.74, 6) is -0.193. The van der Waals surface area contributed by atoms with Crippen LogP contribution in [0.15, 0.2) is 52.7 Å². The van der Waals surface area contributed by atoms with Crippen LogP contribution in [-0.2, 0) is 0 Å². The van der Waals surface area contributed by atoms with E-state index < -0.39 is 0 Å². The van der Waals surface area contributed by atoms with Crippen molar-refractivity contribution in [3.05, 3.63) is 58.3 Å². The molecular weight excluding hydrogens is 586 g/mol. The maximum Gasteiger partial charge on any atom is 0.256 e. The van der Waals surface area contributed by atoms with Crippen molar-refractivity contribution >= 4 is 91.2 Å². The zero-order valence-corrected chi connectivity index (χ0v) is 17.6. The van der Waals surface area contributed by atoms with Gasteiger partial charge in [0.25, 0.3) is 5.91 Å². The van der Waals surface area contributed by atoms with Gasteiger partial charge in [0.15, 0.2) is 0 Å². The number of benzene rings is 2. The fourth-order valence-corrected chi connectivity index (χ4v) is 4.76. The molecule has 2 rings (SSSR count). The summed E-state index contributed by atoms with van der Waals surface area (Å²) in [4.78, 5) is 12.4. The number of anilines is 1. The Balaban J connectivity index is 2.35. The normalized spacial score (nSPS) is 10.4. The van der Waals surface area contributed by atoms with Crippen molar-refractivity contribution in [1.29, 1.82) is 0 Å². The minimum absolute atomic E-state index is 0.193. The van der Waals surface area contributed by atoms with Crippen LogP contribution < -0.4 is 5.32 Å². The highest BCUT2D eigenvalue weighted by atomic mass is 79.9. The molecule has 0 atom stereocenters. The van der Waals surface area contributed by atoms with Gasteiger partial charge in [-0.15, -0.1) is 0 Å². The SMILES string of the molecule is O=C(Nc1c(Br)cc(Br)cc1Br)c1cc(Br)ccc1Br. The third kappa shape index (κ3) is 3.94. The molecule has 0 aliphatic rings. The molecule has 0 bridgehead atoms. The van der Waals surface area contributed by atoms with Crippen molar-refractivity contribution in [3.8, 4) is 0 Å². The summed E-state index contributed by atoms with van der Waals surface area (Å²) in [5.41, 5.74) is 1.24. The first kappa shape index (κ1) is 16.7. The van der Waals surface area contributed by atoms with Gasteiger partial charge in [-0.2, -0.15) is 0 Å². The van der Waals surface area contributed by atoms with Gasteiger partial charge in [-0.3, -0.25) is 4.79 Å². The van der Waals surface area contributed by atoms with E-state index in [-0.39, 0.29) is 5.91 Å². The zero-order chi connectivity index (χ0) is 14.9. The van der Waals surface area contributed by atoms with Gasteiger partial charge in [0.05, 0.1) is 11.3 Å². The molecule has 0 unspecified atom stereocenters. The Bertz CT molecular complexity index is 663. The Kier molecular flexibility index (Phi) is 5.88. The minimum Gasteiger partial charge on any atom is -0.320 e. The average molecular weight is 592 g/mol. The minimum atomic E-state index is -0.193. The molecule has 0 saturated heterocycles.